The van der Waals surface area contributed by atoms with E-state index in [-0.39, 0.29) is 29.9 Å². The van der Waals surface area contributed by atoms with Gasteiger partial charge in [-0.15, -0.1) is 0 Å². The summed E-state index contributed by atoms with van der Waals surface area (Å²) >= 11 is 0. The summed E-state index contributed by atoms with van der Waals surface area (Å²) in [5.74, 6) is -0.170. The van der Waals surface area contributed by atoms with Gasteiger partial charge in [-0.2, -0.15) is 0 Å². The summed E-state index contributed by atoms with van der Waals surface area (Å²) in [6.07, 6.45) is 3.17. The number of benzene rings is 1. The van der Waals surface area contributed by atoms with Crippen molar-refractivity contribution in [3.05, 3.63) is 35.4 Å². The number of hydrogen-bond acceptors (Lipinski definition) is 4. The molecule has 1 aromatic carbocycles. The third-order valence-corrected chi connectivity index (χ3v) is 4.63. The van der Waals surface area contributed by atoms with Crippen LogP contribution in [0, 0.1) is 5.92 Å². The van der Waals surface area contributed by atoms with Gasteiger partial charge in [-0.1, -0.05) is 19.1 Å². The fourth-order valence-electron chi connectivity index (χ4n) is 3.15. The molecule has 0 aliphatic heterocycles. The Bertz CT molecular complexity index is 591. The van der Waals surface area contributed by atoms with Gasteiger partial charge in [-0.25, -0.2) is 0 Å². The molecule has 0 unspecified atom stereocenters. The predicted octanol–water partition coefficient (Wildman–Crippen LogP) is 1.59. The van der Waals surface area contributed by atoms with Gasteiger partial charge in [0.1, 0.15) is 0 Å². The fourth-order valence-corrected chi connectivity index (χ4v) is 3.15. The van der Waals surface area contributed by atoms with Crippen LogP contribution >= 0.6 is 0 Å². The molecule has 0 bridgehead atoms. The van der Waals surface area contributed by atoms with Crippen LogP contribution in [-0.4, -0.2) is 37.6 Å². The summed E-state index contributed by atoms with van der Waals surface area (Å²) in [4.78, 5) is 24.2. The molecule has 3 atom stereocenters. The Morgan fingerprint density at radius 2 is 2.12 bits per heavy atom. The molecule has 4 N–H and O–H groups in total. The second-order valence-corrected chi connectivity index (χ2v) is 6.58. The standard InChI is InChI=1S/C19H29N3O3/c1-3-9-25-17-11-15(7-8-16(17)20)19(24)22-12-13-5-4-6-14(10-13)18(23)21-2/h4-6,10,15-17H,3,7-9,11-12,20H2,1-2H3,(H,21,23)(H,22,24)/t15-,16+,17+/m0/s1. The Labute approximate surface area is 149 Å². The molecule has 0 radical (unpaired) electrons. The van der Waals surface area contributed by atoms with Gasteiger partial charge in [0, 0.05) is 37.7 Å². The van der Waals surface area contributed by atoms with Gasteiger partial charge in [-0.3, -0.25) is 9.59 Å². The second kappa shape index (κ2) is 9.53. The molecule has 6 nitrogen and oxygen atoms in total. The van der Waals surface area contributed by atoms with Crippen LogP contribution in [0.15, 0.2) is 24.3 Å². The molecule has 0 aromatic heterocycles. The molecule has 6 heteroatoms. The molecule has 0 spiro atoms. The molecule has 138 valence electrons. The second-order valence-electron chi connectivity index (χ2n) is 6.58. The van der Waals surface area contributed by atoms with Crippen LogP contribution in [0.5, 0.6) is 0 Å². The van der Waals surface area contributed by atoms with E-state index in [1.165, 1.54) is 0 Å². The van der Waals surface area contributed by atoms with Crippen molar-refractivity contribution < 1.29 is 14.3 Å². The van der Waals surface area contributed by atoms with E-state index in [0.717, 1.165) is 24.8 Å². The third-order valence-electron chi connectivity index (χ3n) is 4.63. The molecular formula is C19H29N3O3. The number of hydrogen-bond donors (Lipinski definition) is 3. The normalized spacial score (nSPS) is 23.1. The number of carbonyl (C=O) groups excluding carboxylic acids is 2. The van der Waals surface area contributed by atoms with E-state index in [9.17, 15) is 9.59 Å². The molecule has 1 aliphatic rings. The van der Waals surface area contributed by atoms with Crippen LogP contribution in [0.1, 0.15) is 48.5 Å². The summed E-state index contributed by atoms with van der Waals surface area (Å²) in [5.41, 5.74) is 7.60. The van der Waals surface area contributed by atoms with Crippen LogP contribution in [-0.2, 0) is 16.1 Å². The number of nitrogens with one attached hydrogen (secondary N) is 2. The molecule has 0 saturated heterocycles. The number of rotatable bonds is 7. The highest BCUT2D eigenvalue weighted by Crippen LogP contribution is 2.26. The highest BCUT2D eigenvalue weighted by Gasteiger charge is 2.32. The minimum atomic E-state index is -0.134. The van der Waals surface area contributed by atoms with Crippen molar-refractivity contribution in [1.82, 2.24) is 10.6 Å². The zero-order valence-corrected chi connectivity index (χ0v) is 15.1. The SMILES string of the molecule is CCCO[C@@H]1C[C@@H](C(=O)NCc2cccc(C(=O)NC)c2)CC[C@H]1N. The lowest BCUT2D eigenvalue weighted by molar-refractivity contribution is -0.128. The van der Waals surface area contributed by atoms with Crippen LogP contribution in [0.4, 0.5) is 0 Å². The van der Waals surface area contributed by atoms with Crippen LogP contribution in [0.2, 0.25) is 0 Å². The molecule has 2 rings (SSSR count). The summed E-state index contributed by atoms with van der Waals surface area (Å²) in [6, 6.07) is 7.28. The zero-order chi connectivity index (χ0) is 18.2. The Morgan fingerprint density at radius 3 is 2.84 bits per heavy atom. The largest absolute Gasteiger partial charge is 0.377 e. The van der Waals surface area contributed by atoms with Gasteiger partial charge in [0.05, 0.1) is 6.10 Å². The topological polar surface area (TPSA) is 93.4 Å². The van der Waals surface area contributed by atoms with Crippen molar-refractivity contribution in [2.24, 2.45) is 11.7 Å². The number of ether oxygens (including phenoxy) is 1. The molecule has 0 heterocycles. The van der Waals surface area contributed by atoms with Crippen molar-refractivity contribution in [1.29, 1.82) is 0 Å². The number of nitrogens with two attached hydrogens (primary N) is 1. The van der Waals surface area contributed by atoms with Crippen LogP contribution in [0.3, 0.4) is 0 Å². The molecule has 1 aliphatic carbocycles. The average Bonchev–Trinajstić information content (AvgIpc) is 2.65. The molecular weight excluding hydrogens is 318 g/mol. The lowest BCUT2D eigenvalue weighted by Crippen LogP contribution is -2.45. The maximum atomic E-state index is 12.5. The maximum absolute atomic E-state index is 12.5. The monoisotopic (exact) mass is 347 g/mol. The van der Waals surface area contributed by atoms with Crippen molar-refractivity contribution in [3.8, 4) is 0 Å². The minimum Gasteiger partial charge on any atom is -0.377 e. The van der Waals surface area contributed by atoms with E-state index in [4.69, 9.17) is 10.5 Å². The number of carbonyl (C=O) groups is 2. The molecule has 1 aromatic rings. The molecule has 2 amide bonds. The Balaban J connectivity index is 1.88. The Hall–Kier alpha value is -1.92. The predicted molar refractivity (Wildman–Crippen MR) is 97.0 cm³/mol. The quantitative estimate of drug-likeness (QED) is 0.698. The lowest BCUT2D eigenvalue weighted by Gasteiger charge is -2.33. The maximum Gasteiger partial charge on any atom is 0.251 e. The van der Waals surface area contributed by atoms with Gasteiger partial charge in [0.2, 0.25) is 5.91 Å². The third kappa shape index (κ3) is 5.54. The Kier molecular flexibility index (Phi) is 7.40. The summed E-state index contributed by atoms with van der Waals surface area (Å²) in [5, 5.41) is 5.58. The van der Waals surface area contributed by atoms with Gasteiger partial charge in [-0.05, 0) is 43.4 Å². The average molecular weight is 347 g/mol. The molecule has 1 saturated carbocycles. The minimum absolute atomic E-state index is 0.0137. The summed E-state index contributed by atoms with van der Waals surface area (Å²) in [7, 11) is 1.60. The van der Waals surface area contributed by atoms with Crippen molar-refractivity contribution in [3.63, 3.8) is 0 Å². The van der Waals surface area contributed by atoms with E-state index < -0.39 is 0 Å². The first kappa shape index (κ1) is 19.4. The van der Waals surface area contributed by atoms with Gasteiger partial charge < -0.3 is 21.1 Å². The number of amides is 2. The highest BCUT2D eigenvalue weighted by molar-refractivity contribution is 5.94. The summed E-state index contributed by atoms with van der Waals surface area (Å²) < 4.78 is 5.79. The first-order valence-corrected chi connectivity index (χ1v) is 9.01. The van der Waals surface area contributed by atoms with E-state index in [0.29, 0.717) is 25.1 Å². The van der Waals surface area contributed by atoms with Gasteiger partial charge in [0.15, 0.2) is 0 Å². The molecule has 25 heavy (non-hydrogen) atoms. The van der Waals surface area contributed by atoms with E-state index in [2.05, 4.69) is 17.6 Å². The van der Waals surface area contributed by atoms with Crippen molar-refractivity contribution in [2.75, 3.05) is 13.7 Å². The first-order chi connectivity index (χ1) is 12.0. The van der Waals surface area contributed by atoms with Crippen molar-refractivity contribution >= 4 is 11.8 Å². The van der Waals surface area contributed by atoms with E-state index in [1.807, 2.05) is 12.1 Å². The molecule has 1 fully saturated rings. The fraction of sp³-hybridized carbons (Fsp3) is 0.579. The smallest absolute Gasteiger partial charge is 0.251 e. The van der Waals surface area contributed by atoms with Crippen LogP contribution in [0.25, 0.3) is 0 Å². The van der Waals surface area contributed by atoms with Gasteiger partial charge in [0.25, 0.3) is 5.91 Å². The van der Waals surface area contributed by atoms with Crippen molar-refractivity contribution in [2.45, 2.75) is 51.3 Å². The van der Waals surface area contributed by atoms with E-state index >= 15 is 0 Å². The summed E-state index contributed by atoms with van der Waals surface area (Å²) in [6.45, 7) is 3.15. The van der Waals surface area contributed by atoms with E-state index in [1.54, 1.807) is 19.2 Å². The zero-order valence-electron chi connectivity index (χ0n) is 15.1. The highest BCUT2D eigenvalue weighted by atomic mass is 16.5. The lowest BCUT2D eigenvalue weighted by atomic mass is 9.83. The Morgan fingerprint density at radius 1 is 1.32 bits per heavy atom. The first-order valence-electron chi connectivity index (χ1n) is 9.01. The van der Waals surface area contributed by atoms with Gasteiger partial charge >= 0.3 is 0 Å². The van der Waals surface area contributed by atoms with Crippen LogP contribution < -0.4 is 16.4 Å².